The largest absolute Gasteiger partial charge is 0.379 e. The lowest BCUT2D eigenvalue weighted by Gasteiger charge is -2.38. The van der Waals surface area contributed by atoms with Gasteiger partial charge in [-0.05, 0) is 42.7 Å². The number of halogens is 1. The van der Waals surface area contributed by atoms with Crippen molar-refractivity contribution in [1.82, 2.24) is 0 Å². The first kappa shape index (κ1) is 18.3. The highest BCUT2D eigenvalue weighted by molar-refractivity contribution is 6.35. The molecule has 2 nitrogen and oxygen atoms in total. The number of rotatable bonds is 3. The first-order chi connectivity index (χ1) is 13.4. The minimum absolute atomic E-state index is 0.163. The van der Waals surface area contributed by atoms with Crippen molar-refractivity contribution in [3.05, 3.63) is 107 Å². The van der Waals surface area contributed by atoms with Crippen LogP contribution in [0, 0.1) is 11.2 Å². The van der Waals surface area contributed by atoms with E-state index >= 15 is 0 Å². The molecule has 1 aliphatic carbocycles. The Labute approximate surface area is 164 Å². The third-order valence-corrected chi connectivity index (χ3v) is 5.68. The highest BCUT2D eigenvalue weighted by Crippen LogP contribution is 2.59. The molecular formula is C25H21FO2. The molecular weight excluding hydrogens is 351 g/mol. The zero-order chi connectivity index (χ0) is 19.9. The van der Waals surface area contributed by atoms with E-state index in [-0.39, 0.29) is 5.78 Å². The molecule has 1 N–H and O–H groups in total. The van der Waals surface area contributed by atoms with Crippen LogP contribution in [0.3, 0.4) is 0 Å². The summed E-state index contributed by atoms with van der Waals surface area (Å²) in [5, 5.41) is 12.1. The third-order valence-electron chi connectivity index (χ3n) is 5.68. The molecule has 4 rings (SSSR count). The first-order valence-corrected chi connectivity index (χ1v) is 9.26. The van der Waals surface area contributed by atoms with E-state index in [1.165, 1.54) is 12.1 Å². The van der Waals surface area contributed by atoms with Crippen molar-refractivity contribution in [2.75, 3.05) is 0 Å². The lowest BCUT2D eigenvalue weighted by atomic mass is 9.68. The molecule has 1 aliphatic rings. The number of hydrogen-bond donors (Lipinski definition) is 1. The van der Waals surface area contributed by atoms with Crippen molar-refractivity contribution in [3.8, 4) is 0 Å². The fourth-order valence-corrected chi connectivity index (χ4v) is 4.14. The van der Waals surface area contributed by atoms with Crippen LogP contribution in [-0.2, 0) is 10.4 Å². The Morgan fingerprint density at radius 1 is 0.786 bits per heavy atom. The fraction of sp³-hybridized carbons (Fsp3) is 0.160. The minimum Gasteiger partial charge on any atom is -0.379 e. The maximum absolute atomic E-state index is 14.1. The third kappa shape index (κ3) is 2.54. The Balaban J connectivity index is 2.11. The number of carbonyl (C=O) groups is 1. The Bertz CT molecular complexity index is 1070. The van der Waals surface area contributed by atoms with Gasteiger partial charge in [-0.2, -0.15) is 0 Å². The molecule has 3 aromatic rings. The molecule has 0 fully saturated rings. The van der Waals surface area contributed by atoms with Gasteiger partial charge in [0.15, 0.2) is 5.78 Å². The second kappa shape index (κ2) is 6.54. The van der Waals surface area contributed by atoms with Crippen molar-refractivity contribution in [2.45, 2.75) is 19.4 Å². The molecule has 140 valence electrons. The van der Waals surface area contributed by atoms with E-state index in [4.69, 9.17) is 0 Å². The smallest absolute Gasteiger partial charge is 0.173 e. The molecule has 0 heterocycles. The maximum atomic E-state index is 14.1. The molecule has 0 saturated carbocycles. The Kier molecular flexibility index (Phi) is 4.28. The summed E-state index contributed by atoms with van der Waals surface area (Å²) < 4.78 is 14.1. The van der Waals surface area contributed by atoms with Gasteiger partial charge in [0.25, 0.3) is 0 Å². The second-order valence-corrected chi connectivity index (χ2v) is 7.66. The van der Waals surface area contributed by atoms with Gasteiger partial charge < -0.3 is 5.11 Å². The van der Waals surface area contributed by atoms with Gasteiger partial charge in [0.05, 0.1) is 5.41 Å². The summed E-state index contributed by atoms with van der Waals surface area (Å²) in [6.45, 7) is 3.44. The van der Waals surface area contributed by atoms with Crippen LogP contribution in [0.25, 0.3) is 11.1 Å². The highest BCUT2D eigenvalue weighted by Gasteiger charge is 2.59. The van der Waals surface area contributed by atoms with Gasteiger partial charge in [0, 0.05) is 11.1 Å². The number of aliphatic hydroxyl groups is 1. The number of carbonyl (C=O) groups excluding carboxylic acids is 1. The average molecular weight is 372 g/mol. The van der Waals surface area contributed by atoms with Gasteiger partial charge in [0.1, 0.15) is 11.4 Å². The van der Waals surface area contributed by atoms with E-state index in [0.29, 0.717) is 16.7 Å². The average Bonchev–Trinajstić information content (AvgIpc) is 2.87. The van der Waals surface area contributed by atoms with E-state index in [1.54, 1.807) is 26.0 Å². The van der Waals surface area contributed by atoms with Crippen molar-refractivity contribution in [2.24, 2.45) is 5.41 Å². The predicted octanol–water partition coefficient (Wildman–Crippen LogP) is 5.23. The SMILES string of the molecule is CC1(C)C(=O)C(c2ccccc2)=C(c2ccccc2)C1(O)c1cccc(F)c1. The topological polar surface area (TPSA) is 37.3 Å². The van der Waals surface area contributed by atoms with Crippen LogP contribution in [0.4, 0.5) is 4.39 Å². The molecule has 0 radical (unpaired) electrons. The van der Waals surface area contributed by atoms with E-state index in [9.17, 15) is 14.3 Å². The molecule has 0 amide bonds. The fourth-order valence-electron chi connectivity index (χ4n) is 4.14. The van der Waals surface area contributed by atoms with Gasteiger partial charge in [0.2, 0.25) is 0 Å². The van der Waals surface area contributed by atoms with Crippen LogP contribution in [-0.4, -0.2) is 10.9 Å². The van der Waals surface area contributed by atoms with Crippen LogP contribution in [0.1, 0.15) is 30.5 Å². The maximum Gasteiger partial charge on any atom is 0.173 e. The van der Waals surface area contributed by atoms with Gasteiger partial charge in [-0.25, -0.2) is 4.39 Å². The van der Waals surface area contributed by atoms with E-state index in [2.05, 4.69) is 0 Å². The van der Waals surface area contributed by atoms with E-state index in [0.717, 1.165) is 11.1 Å². The van der Waals surface area contributed by atoms with Gasteiger partial charge in [-0.1, -0.05) is 72.8 Å². The molecule has 0 spiro atoms. The Morgan fingerprint density at radius 3 is 1.93 bits per heavy atom. The predicted molar refractivity (Wildman–Crippen MR) is 109 cm³/mol. The van der Waals surface area contributed by atoms with E-state index in [1.807, 2.05) is 60.7 Å². The van der Waals surface area contributed by atoms with Crippen molar-refractivity contribution < 1.29 is 14.3 Å². The molecule has 0 aromatic heterocycles. The standard InChI is InChI=1S/C25H21FO2/c1-24(2)23(27)21(17-10-5-3-6-11-17)22(18-12-7-4-8-13-18)25(24,28)19-14-9-15-20(26)16-19/h3-16,28H,1-2H3. The lowest BCUT2D eigenvalue weighted by molar-refractivity contribution is -0.129. The number of Topliss-reactive ketones (excluding diaryl/α,β-unsaturated/α-hetero) is 1. The van der Waals surface area contributed by atoms with Crippen LogP contribution < -0.4 is 0 Å². The quantitative estimate of drug-likeness (QED) is 0.683. The highest BCUT2D eigenvalue weighted by atomic mass is 19.1. The summed E-state index contributed by atoms with van der Waals surface area (Å²) in [6, 6.07) is 24.6. The monoisotopic (exact) mass is 372 g/mol. The molecule has 28 heavy (non-hydrogen) atoms. The van der Waals surface area contributed by atoms with Gasteiger partial charge in [-0.15, -0.1) is 0 Å². The molecule has 3 aromatic carbocycles. The van der Waals surface area contributed by atoms with Crippen molar-refractivity contribution >= 4 is 16.9 Å². The summed E-state index contributed by atoms with van der Waals surface area (Å²) in [7, 11) is 0. The number of ketones is 1. The lowest BCUT2D eigenvalue weighted by Crippen LogP contribution is -2.43. The molecule has 1 atom stereocenters. The Morgan fingerprint density at radius 2 is 1.36 bits per heavy atom. The summed E-state index contributed by atoms with van der Waals surface area (Å²) in [6.07, 6.45) is 0. The zero-order valence-electron chi connectivity index (χ0n) is 15.8. The number of hydrogen-bond acceptors (Lipinski definition) is 2. The number of allylic oxidation sites excluding steroid dienone is 1. The zero-order valence-corrected chi connectivity index (χ0v) is 15.8. The summed E-state index contributed by atoms with van der Waals surface area (Å²) in [5.74, 6) is -0.612. The molecule has 1 unspecified atom stereocenters. The van der Waals surface area contributed by atoms with Gasteiger partial charge in [-0.3, -0.25) is 4.79 Å². The normalized spacial score (nSPS) is 21.2. The molecule has 0 aliphatic heterocycles. The van der Waals surface area contributed by atoms with E-state index < -0.39 is 16.8 Å². The summed E-state index contributed by atoms with van der Waals surface area (Å²) in [5.41, 5.74) is 0.00782. The molecule has 0 saturated heterocycles. The van der Waals surface area contributed by atoms with Crippen LogP contribution in [0.2, 0.25) is 0 Å². The molecule has 0 bridgehead atoms. The van der Waals surface area contributed by atoms with Crippen LogP contribution in [0.15, 0.2) is 84.9 Å². The minimum atomic E-state index is -1.67. The van der Waals surface area contributed by atoms with Crippen molar-refractivity contribution in [1.29, 1.82) is 0 Å². The summed E-state index contributed by atoms with van der Waals surface area (Å²) >= 11 is 0. The molecule has 3 heteroatoms. The Hall–Kier alpha value is -3.04. The van der Waals surface area contributed by atoms with Crippen LogP contribution >= 0.6 is 0 Å². The summed E-state index contributed by atoms with van der Waals surface area (Å²) in [4.78, 5) is 13.6. The second-order valence-electron chi connectivity index (χ2n) is 7.66. The number of benzene rings is 3. The first-order valence-electron chi connectivity index (χ1n) is 9.26. The van der Waals surface area contributed by atoms with Gasteiger partial charge >= 0.3 is 0 Å². The van der Waals surface area contributed by atoms with Crippen LogP contribution in [0.5, 0.6) is 0 Å². The van der Waals surface area contributed by atoms with Crippen molar-refractivity contribution in [3.63, 3.8) is 0 Å².